The van der Waals surface area contributed by atoms with Gasteiger partial charge < -0.3 is 0 Å². The number of halogens is 3. The summed E-state index contributed by atoms with van der Waals surface area (Å²) in [5.74, 6) is -2.70. The highest BCUT2D eigenvalue weighted by Crippen LogP contribution is 2.29. The van der Waals surface area contributed by atoms with Crippen LogP contribution in [0.25, 0.3) is 11.1 Å². The van der Waals surface area contributed by atoms with Gasteiger partial charge >= 0.3 is 5.69 Å². The van der Waals surface area contributed by atoms with Gasteiger partial charge in [0.2, 0.25) is 5.82 Å². The highest BCUT2D eigenvalue weighted by molar-refractivity contribution is 5.67. The molecule has 0 aromatic heterocycles. The van der Waals surface area contributed by atoms with Crippen LogP contribution in [0.15, 0.2) is 36.4 Å². The van der Waals surface area contributed by atoms with E-state index < -0.39 is 28.1 Å². The van der Waals surface area contributed by atoms with E-state index in [1.165, 1.54) is 12.1 Å². The van der Waals surface area contributed by atoms with Crippen LogP contribution >= 0.6 is 0 Å². The van der Waals surface area contributed by atoms with E-state index in [2.05, 4.69) is 0 Å². The van der Waals surface area contributed by atoms with Crippen LogP contribution in [0, 0.1) is 27.6 Å². The summed E-state index contributed by atoms with van der Waals surface area (Å²) in [4.78, 5) is 9.61. The summed E-state index contributed by atoms with van der Waals surface area (Å²) in [6.07, 6.45) is 0. The van der Waals surface area contributed by atoms with Gasteiger partial charge in [0.15, 0.2) is 0 Å². The van der Waals surface area contributed by atoms with Crippen molar-refractivity contribution in [1.29, 1.82) is 0 Å². The van der Waals surface area contributed by atoms with Gasteiger partial charge in [-0.15, -0.1) is 0 Å². The Hall–Kier alpha value is -2.37. The third-order valence-electron chi connectivity index (χ3n) is 2.39. The Balaban J connectivity index is 2.60. The van der Waals surface area contributed by atoms with E-state index in [0.717, 1.165) is 18.2 Å². The molecule has 92 valence electrons. The fraction of sp³-hybridized carbons (Fsp3) is 0. The summed E-state index contributed by atoms with van der Waals surface area (Å²) in [7, 11) is 0. The van der Waals surface area contributed by atoms with Gasteiger partial charge in [-0.1, -0.05) is 12.1 Å². The molecule has 0 saturated carbocycles. The average molecular weight is 253 g/mol. The van der Waals surface area contributed by atoms with E-state index in [1.807, 2.05) is 0 Å². The third-order valence-corrected chi connectivity index (χ3v) is 2.39. The standard InChI is InChI=1S/C12H6F3NO2/c13-8-3-1-7(2-4-8)9-5-12(16(17)18)11(15)6-10(9)14/h1-6H. The van der Waals surface area contributed by atoms with Crippen molar-refractivity contribution in [3.63, 3.8) is 0 Å². The molecule has 2 aromatic carbocycles. The van der Waals surface area contributed by atoms with Crippen molar-refractivity contribution < 1.29 is 18.1 Å². The SMILES string of the molecule is O=[N+]([O-])c1cc(-c2ccc(F)cc2)c(F)cc1F. The molecule has 2 rings (SSSR count). The van der Waals surface area contributed by atoms with E-state index in [1.54, 1.807) is 0 Å². The van der Waals surface area contributed by atoms with Crippen molar-refractivity contribution in [3.8, 4) is 11.1 Å². The van der Waals surface area contributed by atoms with Crippen LogP contribution in [0.5, 0.6) is 0 Å². The van der Waals surface area contributed by atoms with Crippen LogP contribution in [0.2, 0.25) is 0 Å². The fourth-order valence-electron chi connectivity index (χ4n) is 1.53. The molecule has 0 aliphatic heterocycles. The second-order valence-electron chi connectivity index (χ2n) is 3.55. The molecule has 0 fully saturated rings. The lowest BCUT2D eigenvalue weighted by Crippen LogP contribution is -1.96. The molecule has 0 amide bonds. The minimum Gasteiger partial charge on any atom is -0.258 e. The van der Waals surface area contributed by atoms with Crippen molar-refractivity contribution in [2.24, 2.45) is 0 Å². The van der Waals surface area contributed by atoms with E-state index in [-0.39, 0.29) is 11.1 Å². The lowest BCUT2D eigenvalue weighted by molar-refractivity contribution is -0.387. The molecule has 0 bridgehead atoms. The first-order chi connectivity index (χ1) is 8.49. The van der Waals surface area contributed by atoms with Crippen molar-refractivity contribution in [2.75, 3.05) is 0 Å². The maximum atomic E-state index is 13.5. The van der Waals surface area contributed by atoms with Crippen LogP contribution in [-0.2, 0) is 0 Å². The largest absolute Gasteiger partial charge is 0.305 e. The zero-order chi connectivity index (χ0) is 13.3. The van der Waals surface area contributed by atoms with Crippen molar-refractivity contribution in [3.05, 3.63) is 64.0 Å². The number of rotatable bonds is 2. The Morgan fingerprint density at radius 3 is 2.11 bits per heavy atom. The summed E-state index contributed by atoms with van der Waals surface area (Å²) >= 11 is 0. The zero-order valence-corrected chi connectivity index (χ0v) is 8.86. The summed E-state index contributed by atoms with van der Waals surface area (Å²) in [6.45, 7) is 0. The predicted octanol–water partition coefficient (Wildman–Crippen LogP) is 3.68. The molecule has 0 aliphatic rings. The number of nitrogens with zero attached hydrogens (tertiary/aromatic N) is 1. The van der Waals surface area contributed by atoms with Gasteiger partial charge in [-0.2, -0.15) is 4.39 Å². The number of nitro benzene ring substituents is 1. The van der Waals surface area contributed by atoms with E-state index in [9.17, 15) is 23.3 Å². The van der Waals surface area contributed by atoms with E-state index >= 15 is 0 Å². The van der Waals surface area contributed by atoms with Crippen LogP contribution in [0.1, 0.15) is 0 Å². The Kier molecular flexibility index (Phi) is 3.01. The molecule has 0 radical (unpaired) electrons. The summed E-state index contributed by atoms with van der Waals surface area (Å²) < 4.78 is 39.4. The quantitative estimate of drug-likeness (QED) is 0.605. The Morgan fingerprint density at radius 1 is 0.944 bits per heavy atom. The number of hydrogen-bond donors (Lipinski definition) is 0. The molecule has 0 heterocycles. The highest BCUT2D eigenvalue weighted by Gasteiger charge is 2.19. The maximum Gasteiger partial charge on any atom is 0.305 e. The van der Waals surface area contributed by atoms with Crippen molar-refractivity contribution in [2.45, 2.75) is 0 Å². The van der Waals surface area contributed by atoms with Gasteiger partial charge in [-0.3, -0.25) is 10.1 Å². The molecule has 6 heteroatoms. The molecule has 3 nitrogen and oxygen atoms in total. The molecule has 0 saturated heterocycles. The molecule has 0 atom stereocenters. The second-order valence-corrected chi connectivity index (χ2v) is 3.55. The first-order valence-corrected chi connectivity index (χ1v) is 4.88. The molecule has 0 aliphatic carbocycles. The molecule has 2 aromatic rings. The monoisotopic (exact) mass is 253 g/mol. The van der Waals surface area contributed by atoms with Crippen LogP contribution < -0.4 is 0 Å². The molecular weight excluding hydrogens is 247 g/mol. The fourth-order valence-corrected chi connectivity index (χ4v) is 1.53. The average Bonchev–Trinajstić information content (AvgIpc) is 2.30. The topological polar surface area (TPSA) is 43.1 Å². The van der Waals surface area contributed by atoms with Crippen LogP contribution in [0.3, 0.4) is 0 Å². The van der Waals surface area contributed by atoms with Gasteiger partial charge in [0.05, 0.1) is 4.92 Å². The summed E-state index contributed by atoms with van der Waals surface area (Å²) in [5, 5.41) is 10.6. The van der Waals surface area contributed by atoms with Gasteiger partial charge in [0.25, 0.3) is 0 Å². The Labute approximate surface area is 99.6 Å². The van der Waals surface area contributed by atoms with E-state index in [0.29, 0.717) is 6.07 Å². The molecule has 18 heavy (non-hydrogen) atoms. The lowest BCUT2D eigenvalue weighted by atomic mass is 10.0. The zero-order valence-electron chi connectivity index (χ0n) is 8.86. The minimum absolute atomic E-state index is 0.150. The van der Waals surface area contributed by atoms with E-state index in [4.69, 9.17) is 0 Å². The lowest BCUT2D eigenvalue weighted by Gasteiger charge is -2.04. The molecule has 0 spiro atoms. The number of benzene rings is 2. The van der Waals surface area contributed by atoms with Crippen LogP contribution in [-0.4, -0.2) is 4.92 Å². The summed E-state index contributed by atoms with van der Waals surface area (Å²) in [6, 6.07) is 5.92. The van der Waals surface area contributed by atoms with Gasteiger partial charge in [0, 0.05) is 17.7 Å². The predicted molar refractivity (Wildman–Crippen MR) is 58.4 cm³/mol. The summed E-state index contributed by atoms with van der Waals surface area (Å²) in [5.41, 5.74) is -0.740. The molecule has 0 N–H and O–H groups in total. The van der Waals surface area contributed by atoms with Gasteiger partial charge in [-0.05, 0) is 17.7 Å². The Morgan fingerprint density at radius 2 is 1.56 bits per heavy atom. The molecule has 0 unspecified atom stereocenters. The minimum atomic E-state index is -1.25. The Bertz CT molecular complexity index is 611. The first-order valence-electron chi connectivity index (χ1n) is 4.88. The normalized spacial score (nSPS) is 10.4. The maximum absolute atomic E-state index is 13.5. The number of nitro groups is 1. The van der Waals surface area contributed by atoms with Crippen molar-refractivity contribution in [1.82, 2.24) is 0 Å². The third kappa shape index (κ3) is 2.17. The number of hydrogen-bond acceptors (Lipinski definition) is 2. The van der Waals surface area contributed by atoms with Crippen LogP contribution in [0.4, 0.5) is 18.9 Å². The molecular formula is C12H6F3NO2. The smallest absolute Gasteiger partial charge is 0.258 e. The van der Waals surface area contributed by atoms with Crippen molar-refractivity contribution >= 4 is 5.69 Å². The highest BCUT2D eigenvalue weighted by atomic mass is 19.1. The van der Waals surface area contributed by atoms with Gasteiger partial charge in [0.1, 0.15) is 11.6 Å². The first kappa shape index (κ1) is 12.1. The van der Waals surface area contributed by atoms with Gasteiger partial charge in [-0.25, -0.2) is 8.78 Å². The second kappa shape index (κ2) is 4.48.